The lowest BCUT2D eigenvalue weighted by molar-refractivity contribution is 0.109. The van der Waals surface area contributed by atoms with Crippen molar-refractivity contribution in [3.05, 3.63) is 95.7 Å². The molecule has 4 aromatic rings. The highest BCUT2D eigenvalue weighted by Gasteiger charge is 2.45. The molecule has 0 bridgehead atoms. The summed E-state index contributed by atoms with van der Waals surface area (Å²) < 4.78 is 54.1. The van der Waals surface area contributed by atoms with Gasteiger partial charge in [-0.05, 0) is 53.6 Å². The average Bonchev–Trinajstić information content (AvgIpc) is 2.85. The van der Waals surface area contributed by atoms with Gasteiger partial charge < -0.3 is 15.2 Å². The van der Waals surface area contributed by atoms with Crippen LogP contribution in [0.25, 0.3) is 22.3 Å². The summed E-state index contributed by atoms with van der Waals surface area (Å²) in [6, 6.07) is 13.0. The second-order valence-electron chi connectivity index (χ2n) is 8.34. The van der Waals surface area contributed by atoms with E-state index in [1.165, 1.54) is 12.3 Å². The van der Waals surface area contributed by atoms with Gasteiger partial charge >= 0.3 is 0 Å². The third-order valence-electron chi connectivity index (χ3n) is 6.12. The van der Waals surface area contributed by atoms with Gasteiger partial charge in [0, 0.05) is 40.7 Å². The Hall–Kier alpha value is -4.24. The van der Waals surface area contributed by atoms with Crippen molar-refractivity contribution in [2.75, 3.05) is 13.2 Å². The minimum absolute atomic E-state index is 0.0987. The number of nitrogens with zero attached hydrogens (tertiary/aromatic N) is 3. The number of benzene rings is 2. The Kier molecular flexibility index (Phi) is 4.82. The summed E-state index contributed by atoms with van der Waals surface area (Å²) in [5.41, 5.74) is 7.80. The first-order valence-electron chi connectivity index (χ1n) is 10.8. The molecule has 6 rings (SSSR count). The molecule has 0 fully saturated rings. The highest BCUT2D eigenvalue weighted by atomic mass is 19.1. The van der Waals surface area contributed by atoms with Crippen LogP contribution in [0.3, 0.4) is 0 Å². The Bertz CT molecular complexity index is 1520. The topological polar surface area (TPSA) is 82.6 Å². The normalized spacial score (nSPS) is 18.4. The molecule has 2 aromatic carbocycles. The Morgan fingerprint density at radius 2 is 1.71 bits per heavy atom. The zero-order valence-corrected chi connectivity index (χ0v) is 18.1. The van der Waals surface area contributed by atoms with Gasteiger partial charge in [0.1, 0.15) is 35.4 Å². The maximum Gasteiger partial charge on any atom is 0.225 e. The number of fused-ring (bicyclic) bond motifs is 4. The molecule has 0 saturated carbocycles. The van der Waals surface area contributed by atoms with Gasteiger partial charge in [-0.2, -0.15) is 4.39 Å². The van der Waals surface area contributed by atoms with Crippen molar-refractivity contribution in [2.24, 2.45) is 10.7 Å². The second kappa shape index (κ2) is 7.92. The van der Waals surface area contributed by atoms with Gasteiger partial charge in [0.05, 0.1) is 6.61 Å². The molecular weight excluding hydrogens is 457 g/mol. The fourth-order valence-electron chi connectivity index (χ4n) is 4.54. The second-order valence-corrected chi connectivity index (χ2v) is 8.34. The lowest BCUT2D eigenvalue weighted by Gasteiger charge is -2.39. The Morgan fingerprint density at radius 1 is 0.857 bits per heavy atom. The zero-order chi connectivity index (χ0) is 24.2. The van der Waals surface area contributed by atoms with Crippen LogP contribution in [0, 0.1) is 17.6 Å². The number of pyridine rings is 2. The molecule has 0 saturated heterocycles. The minimum Gasteiger partial charge on any atom is -0.438 e. The third kappa shape index (κ3) is 3.52. The van der Waals surface area contributed by atoms with Crippen LogP contribution in [-0.2, 0) is 10.3 Å². The molecule has 1 unspecified atom stereocenters. The maximum absolute atomic E-state index is 14.6. The van der Waals surface area contributed by atoms with E-state index in [1.807, 2.05) is 0 Å². The van der Waals surface area contributed by atoms with Gasteiger partial charge in [0.25, 0.3) is 0 Å². The molecular formula is C26H17F3N4O2. The Balaban J connectivity index is 1.57. The summed E-state index contributed by atoms with van der Waals surface area (Å²) in [6.07, 6.45) is 2.94. The van der Waals surface area contributed by atoms with Gasteiger partial charge in [-0.15, -0.1) is 0 Å². The molecule has 1 spiro atoms. The Labute approximate surface area is 197 Å². The van der Waals surface area contributed by atoms with Crippen LogP contribution in [0.15, 0.2) is 72.0 Å². The molecule has 2 aliphatic rings. The van der Waals surface area contributed by atoms with Crippen LogP contribution in [0.2, 0.25) is 0 Å². The van der Waals surface area contributed by atoms with E-state index in [9.17, 15) is 13.2 Å². The number of hydrogen-bond acceptors (Lipinski definition) is 6. The van der Waals surface area contributed by atoms with Crippen LogP contribution in [0.1, 0.15) is 11.1 Å². The minimum atomic E-state index is -1.15. The number of amidine groups is 1. The number of hydrogen-bond donors (Lipinski definition) is 1. The lowest BCUT2D eigenvalue weighted by atomic mass is 9.80. The summed E-state index contributed by atoms with van der Waals surface area (Å²) in [5.74, 6) is -0.752. The fourth-order valence-corrected chi connectivity index (χ4v) is 4.54. The number of rotatable bonds is 2. The highest BCUT2D eigenvalue weighted by molar-refractivity contribution is 5.84. The van der Waals surface area contributed by atoms with Gasteiger partial charge in [-0.3, -0.25) is 4.99 Å². The molecule has 2 aromatic heterocycles. The van der Waals surface area contributed by atoms with Gasteiger partial charge in [0.15, 0.2) is 0 Å². The molecule has 0 aliphatic carbocycles. The number of aliphatic imine (C=N–C) groups is 1. The molecule has 4 heterocycles. The third-order valence-corrected chi connectivity index (χ3v) is 6.12. The maximum atomic E-state index is 14.6. The molecule has 6 nitrogen and oxygen atoms in total. The fraction of sp³-hybridized carbons (Fsp3) is 0.115. The first-order valence-corrected chi connectivity index (χ1v) is 10.8. The number of halogens is 3. The van der Waals surface area contributed by atoms with E-state index in [0.717, 1.165) is 18.2 Å². The summed E-state index contributed by atoms with van der Waals surface area (Å²) in [4.78, 5) is 12.8. The van der Waals surface area contributed by atoms with E-state index in [1.54, 1.807) is 36.5 Å². The van der Waals surface area contributed by atoms with Crippen molar-refractivity contribution in [3.8, 4) is 33.9 Å². The van der Waals surface area contributed by atoms with E-state index in [-0.39, 0.29) is 24.6 Å². The number of ether oxygens (including phenoxy) is 2. The standard InChI is InChI=1S/C26H17F3N4O2/c27-17-2-3-21(28)18(10-17)15-1-4-22-19(7-15)26(13-34-12-24(30)33-26)20-8-16(11-32-25(20)35-22)14-5-6-31-23(29)9-14/h1-11H,12-13H2,(H2,30,33). The van der Waals surface area contributed by atoms with Crippen molar-refractivity contribution in [1.29, 1.82) is 0 Å². The molecule has 2 aliphatic heterocycles. The molecule has 174 valence electrons. The van der Waals surface area contributed by atoms with Crippen molar-refractivity contribution < 1.29 is 22.6 Å². The van der Waals surface area contributed by atoms with Crippen molar-refractivity contribution in [1.82, 2.24) is 9.97 Å². The summed E-state index contributed by atoms with van der Waals surface area (Å²) >= 11 is 0. The van der Waals surface area contributed by atoms with Crippen LogP contribution in [-0.4, -0.2) is 29.0 Å². The van der Waals surface area contributed by atoms with E-state index in [2.05, 4.69) is 9.97 Å². The SMILES string of the molecule is NC1=NC2(COC1)c1cc(-c3cc(F)ccc3F)ccc1Oc1ncc(-c3ccnc(F)c3)cc12. The van der Waals surface area contributed by atoms with Crippen LogP contribution >= 0.6 is 0 Å². The monoisotopic (exact) mass is 474 g/mol. The van der Waals surface area contributed by atoms with Crippen LogP contribution in [0.5, 0.6) is 11.6 Å². The van der Waals surface area contributed by atoms with Crippen LogP contribution < -0.4 is 10.5 Å². The quantitative estimate of drug-likeness (QED) is 0.415. The van der Waals surface area contributed by atoms with Crippen LogP contribution in [0.4, 0.5) is 13.2 Å². The molecule has 9 heteroatoms. The molecule has 2 N–H and O–H groups in total. The number of nitrogens with two attached hydrogens (primary N) is 1. The summed E-state index contributed by atoms with van der Waals surface area (Å²) in [5, 5.41) is 0. The largest absolute Gasteiger partial charge is 0.438 e. The van der Waals surface area contributed by atoms with E-state index in [4.69, 9.17) is 20.2 Å². The summed E-state index contributed by atoms with van der Waals surface area (Å²) in [7, 11) is 0. The van der Waals surface area contributed by atoms with Gasteiger partial charge in [0.2, 0.25) is 11.8 Å². The predicted octanol–water partition coefficient (Wildman–Crippen LogP) is 4.96. The smallest absolute Gasteiger partial charge is 0.225 e. The van der Waals surface area contributed by atoms with Gasteiger partial charge in [-0.1, -0.05) is 6.07 Å². The lowest BCUT2D eigenvalue weighted by Crippen LogP contribution is -2.42. The van der Waals surface area contributed by atoms with Crippen molar-refractivity contribution in [3.63, 3.8) is 0 Å². The Morgan fingerprint density at radius 3 is 2.54 bits per heavy atom. The van der Waals surface area contributed by atoms with E-state index < -0.39 is 23.1 Å². The molecule has 0 radical (unpaired) electrons. The zero-order valence-electron chi connectivity index (χ0n) is 18.1. The average molecular weight is 474 g/mol. The van der Waals surface area contributed by atoms with Crippen molar-refractivity contribution >= 4 is 5.84 Å². The predicted molar refractivity (Wildman–Crippen MR) is 123 cm³/mol. The van der Waals surface area contributed by atoms with E-state index >= 15 is 0 Å². The van der Waals surface area contributed by atoms with Crippen molar-refractivity contribution in [2.45, 2.75) is 5.54 Å². The van der Waals surface area contributed by atoms with Gasteiger partial charge in [-0.25, -0.2) is 18.7 Å². The first-order chi connectivity index (χ1) is 16.9. The molecule has 0 amide bonds. The highest BCUT2D eigenvalue weighted by Crippen LogP contribution is 2.51. The number of aromatic nitrogens is 2. The molecule has 35 heavy (non-hydrogen) atoms. The summed E-state index contributed by atoms with van der Waals surface area (Å²) in [6.45, 7) is 0.260. The van der Waals surface area contributed by atoms with E-state index in [0.29, 0.717) is 39.4 Å². The first kappa shape index (κ1) is 21.3. The molecule has 1 atom stereocenters.